The van der Waals surface area contributed by atoms with Gasteiger partial charge in [-0.05, 0) is 67.6 Å². The van der Waals surface area contributed by atoms with Crippen molar-refractivity contribution in [1.29, 1.82) is 0 Å². The summed E-state index contributed by atoms with van der Waals surface area (Å²) in [6.45, 7) is 2.69. The number of methoxy groups -OCH3 is 1. The molecule has 1 heterocycles. The van der Waals surface area contributed by atoms with Crippen LogP contribution in [-0.4, -0.2) is 65.1 Å². The molecule has 1 unspecified atom stereocenters. The van der Waals surface area contributed by atoms with Crippen LogP contribution in [0.25, 0.3) is 0 Å². The summed E-state index contributed by atoms with van der Waals surface area (Å²) in [5.74, 6) is 0.370. The Morgan fingerprint density at radius 1 is 1.14 bits per heavy atom. The van der Waals surface area contributed by atoms with E-state index < -0.39 is 12.2 Å². The van der Waals surface area contributed by atoms with Crippen LogP contribution in [0.15, 0.2) is 48.5 Å². The maximum atomic E-state index is 13.0. The monoisotopic (exact) mass is 517 g/mol. The van der Waals surface area contributed by atoms with Crippen molar-refractivity contribution in [1.82, 2.24) is 16.0 Å². The van der Waals surface area contributed by atoms with Crippen molar-refractivity contribution in [3.63, 3.8) is 0 Å². The zero-order valence-electron chi connectivity index (χ0n) is 20.9. The van der Waals surface area contributed by atoms with Crippen LogP contribution >= 0.6 is 11.6 Å². The summed E-state index contributed by atoms with van der Waals surface area (Å²) in [5, 5.41) is 9.56. The van der Waals surface area contributed by atoms with Crippen LogP contribution in [0.2, 0.25) is 5.02 Å². The number of carbonyl (C=O) groups excluding carboxylic acids is 2. The molecule has 0 aromatic heterocycles. The Bertz CT molecular complexity index is 983. The van der Waals surface area contributed by atoms with Gasteiger partial charge in [-0.2, -0.15) is 0 Å². The van der Waals surface area contributed by atoms with Crippen molar-refractivity contribution in [3.8, 4) is 0 Å². The maximum Gasteiger partial charge on any atom is 0.406 e. The molecule has 3 atom stereocenters. The Labute approximate surface area is 218 Å². The normalized spacial score (nSPS) is 17.1. The van der Waals surface area contributed by atoms with E-state index in [1.807, 2.05) is 43.4 Å². The highest BCUT2D eigenvalue weighted by molar-refractivity contribution is 6.30. The molecule has 1 saturated heterocycles. The van der Waals surface area contributed by atoms with Gasteiger partial charge >= 0.3 is 6.09 Å². The summed E-state index contributed by atoms with van der Waals surface area (Å²) >= 11 is 6.23. The first-order valence-corrected chi connectivity index (χ1v) is 12.7. The predicted octanol–water partition coefficient (Wildman–Crippen LogP) is 3.94. The minimum Gasteiger partial charge on any atom is -0.453 e. The molecule has 8 nitrogen and oxygen atoms in total. The van der Waals surface area contributed by atoms with Gasteiger partial charge in [-0.1, -0.05) is 35.9 Å². The van der Waals surface area contributed by atoms with Gasteiger partial charge in [0.1, 0.15) is 6.10 Å². The van der Waals surface area contributed by atoms with Crippen LogP contribution in [0.3, 0.4) is 0 Å². The van der Waals surface area contributed by atoms with Crippen LogP contribution < -0.4 is 16.0 Å². The average Bonchev–Trinajstić information content (AvgIpc) is 2.91. The minimum atomic E-state index is -0.521. The fourth-order valence-corrected chi connectivity index (χ4v) is 4.52. The summed E-state index contributed by atoms with van der Waals surface area (Å²) < 4.78 is 16.3. The van der Waals surface area contributed by atoms with Gasteiger partial charge in [-0.15, -0.1) is 0 Å². The largest absolute Gasteiger partial charge is 0.453 e. The van der Waals surface area contributed by atoms with Gasteiger partial charge in [-0.3, -0.25) is 4.79 Å². The van der Waals surface area contributed by atoms with Gasteiger partial charge in [0.2, 0.25) is 0 Å². The number of benzene rings is 2. The third kappa shape index (κ3) is 8.78. The van der Waals surface area contributed by atoms with Crippen molar-refractivity contribution in [2.75, 3.05) is 47.1 Å². The summed E-state index contributed by atoms with van der Waals surface area (Å²) in [4.78, 5) is 24.3. The number of carbonyl (C=O) groups is 2. The lowest BCUT2D eigenvalue weighted by Gasteiger charge is -2.26. The highest BCUT2D eigenvalue weighted by Crippen LogP contribution is 2.28. The van der Waals surface area contributed by atoms with Crippen molar-refractivity contribution in [2.45, 2.75) is 31.4 Å². The van der Waals surface area contributed by atoms with Crippen molar-refractivity contribution in [2.24, 2.45) is 5.92 Å². The molecule has 3 N–H and O–H groups in total. The number of amides is 2. The molecule has 1 fully saturated rings. The van der Waals surface area contributed by atoms with E-state index in [-0.39, 0.29) is 25.1 Å². The first-order chi connectivity index (χ1) is 17.5. The highest BCUT2D eigenvalue weighted by atomic mass is 35.5. The Morgan fingerprint density at radius 2 is 1.92 bits per heavy atom. The lowest BCUT2D eigenvalue weighted by atomic mass is 9.94. The fourth-order valence-electron chi connectivity index (χ4n) is 4.32. The number of alkyl carbamates (subject to hydrolysis) is 1. The lowest BCUT2D eigenvalue weighted by molar-refractivity contribution is 0.0478. The number of likely N-dealkylation sites (N-methyl/N-ethyl adjacent to an activating group) is 1. The molecule has 9 heteroatoms. The van der Waals surface area contributed by atoms with E-state index in [4.69, 9.17) is 21.1 Å². The number of hydrogen-bond donors (Lipinski definition) is 3. The topological polar surface area (TPSA) is 97.9 Å². The molecule has 1 aliphatic rings. The van der Waals surface area contributed by atoms with Crippen molar-refractivity contribution < 1.29 is 23.8 Å². The average molecular weight is 518 g/mol. The second-order valence-electron chi connectivity index (χ2n) is 8.86. The molecule has 2 amide bonds. The van der Waals surface area contributed by atoms with Gasteiger partial charge in [-0.25, -0.2) is 4.79 Å². The van der Waals surface area contributed by atoms with Crippen LogP contribution in [0.1, 0.15) is 46.9 Å². The molecule has 0 saturated carbocycles. The number of rotatable bonds is 12. The van der Waals surface area contributed by atoms with Crippen LogP contribution in [0.4, 0.5) is 4.79 Å². The van der Waals surface area contributed by atoms with Crippen molar-refractivity contribution >= 4 is 23.6 Å². The molecule has 0 bridgehead atoms. The van der Waals surface area contributed by atoms with Gasteiger partial charge < -0.3 is 30.2 Å². The Kier molecular flexibility index (Phi) is 11.5. The van der Waals surface area contributed by atoms with Crippen LogP contribution in [0, 0.1) is 5.92 Å². The summed E-state index contributed by atoms with van der Waals surface area (Å²) in [6.07, 6.45) is 2.23. The van der Waals surface area contributed by atoms with E-state index in [1.165, 1.54) is 7.11 Å². The van der Waals surface area contributed by atoms with Gasteiger partial charge in [0.15, 0.2) is 0 Å². The first kappa shape index (κ1) is 27.9. The molecule has 0 radical (unpaired) electrons. The molecule has 2 aromatic carbocycles. The number of ether oxygens (including phenoxy) is 3. The maximum absolute atomic E-state index is 13.0. The lowest BCUT2D eigenvalue weighted by Crippen LogP contribution is -2.41. The molecule has 36 heavy (non-hydrogen) atoms. The molecule has 0 aliphatic carbocycles. The zero-order chi connectivity index (χ0) is 25.8. The molecule has 0 spiro atoms. The quantitative estimate of drug-likeness (QED) is 0.369. The van der Waals surface area contributed by atoms with E-state index in [9.17, 15) is 9.59 Å². The number of halogens is 1. The minimum absolute atomic E-state index is 0.144. The first-order valence-electron chi connectivity index (χ1n) is 12.3. The molecule has 196 valence electrons. The van der Waals surface area contributed by atoms with Gasteiger partial charge in [0.05, 0.1) is 13.7 Å². The standard InChI is InChI=1S/C27H36ClN3O5/c1-29-24(14-19-6-5-12-35-18-19)17-31-26(32)22-9-3-7-20(15-22)25(21-8-4-10-23(28)16-21)36-13-11-30-27(33)34-2/h3-4,7-10,15-16,19,24-25,29H,5-6,11-14,17-18H2,1-2H3,(H,30,33)(H,31,32)/t19-,24+,25?/m1/s1. The van der Waals surface area contributed by atoms with Crippen molar-refractivity contribution in [3.05, 3.63) is 70.2 Å². The summed E-state index contributed by atoms with van der Waals surface area (Å²) in [7, 11) is 3.23. The van der Waals surface area contributed by atoms with E-state index >= 15 is 0 Å². The van der Waals surface area contributed by atoms with Crippen LogP contribution in [0.5, 0.6) is 0 Å². The van der Waals surface area contributed by atoms with E-state index in [0.717, 1.165) is 43.6 Å². The number of nitrogens with one attached hydrogen (secondary N) is 3. The summed E-state index contributed by atoms with van der Waals surface area (Å²) in [6, 6.07) is 14.9. The predicted molar refractivity (Wildman–Crippen MR) is 139 cm³/mol. The molecular formula is C27H36ClN3O5. The number of hydrogen-bond acceptors (Lipinski definition) is 6. The SMILES string of the molecule is CN[C@H](CNC(=O)c1cccc(C(OCCNC(=O)OC)c2cccc(Cl)c2)c1)C[C@H]1CCCOC1. The molecular weight excluding hydrogens is 482 g/mol. The third-order valence-electron chi connectivity index (χ3n) is 6.23. The molecule has 1 aliphatic heterocycles. The zero-order valence-corrected chi connectivity index (χ0v) is 21.7. The second kappa shape index (κ2) is 14.8. The molecule has 3 rings (SSSR count). The van der Waals surface area contributed by atoms with Crippen LogP contribution in [-0.2, 0) is 14.2 Å². The van der Waals surface area contributed by atoms with E-state index in [2.05, 4.69) is 20.7 Å². The third-order valence-corrected chi connectivity index (χ3v) is 6.47. The Balaban J connectivity index is 1.66. The Hall–Kier alpha value is -2.65. The fraction of sp³-hybridized carbons (Fsp3) is 0.481. The Morgan fingerprint density at radius 3 is 2.61 bits per heavy atom. The van der Waals surface area contributed by atoms with Gasteiger partial charge in [0, 0.05) is 42.9 Å². The highest BCUT2D eigenvalue weighted by Gasteiger charge is 2.20. The summed E-state index contributed by atoms with van der Waals surface area (Å²) in [5.41, 5.74) is 2.21. The van der Waals surface area contributed by atoms with E-state index in [1.54, 1.807) is 12.1 Å². The van der Waals surface area contributed by atoms with E-state index in [0.29, 0.717) is 23.0 Å². The second-order valence-corrected chi connectivity index (χ2v) is 9.30. The van der Waals surface area contributed by atoms with Gasteiger partial charge in [0.25, 0.3) is 5.91 Å². The molecule has 2 aromatic rings. The smallest absolute Gasteiger partial charge is 0.406 e.